The first-order valence-corrected chi connectivity index (χ1v) is 13.0. The van der Waals surface area contributed by atoms with Crippen LogP contribution in [0.1, 0.15) is 52.0 Å². The average Bonchev–Trinajstić information content (AvgIpc) is 3.28. The summed E-state index contributed by atoms with van der Waals surface area (Å²) in [4.78, 5) is 40.6. The highest BCUT2D eigenvalue weighted by molar-refractivity contribution is 6.02. The first kappa shape index (κ1) is 29.2. The third kappa shape index (κ3) is 6.04. The summed E-state index contributed by atoms with van der Waals surface area (Å²) in [5.41, 5.74) is 9.54. The van der Waals surface area contributed by atoms with Crippen molar-refractivity contribution in [1.29, 1.82) is 5.41 Å². The summed E-state index contributed by atoms with van der Waals surface area (Å²) >= 11 is 0. The Bertz CT molecular complexity index is 1510. The fraction of sp³-hybridized carbons (Fsp3) is 0.267. The zero-order valence-corrected chi connectivity index (χ0v) is 23.0. The van der Waals surface area contributed by atoms with Gasteiger partial charge < -0.3 is 25.8 Å². The second kappa shape index (κ2) is 12.2. The lowest BCUT2D eigenvalue weighted by atomic mass is 10.1. The Morgan fingerprint density at radius 3 is 2.51 bits per heavy atom. The van der Waals surface area contributed by atoms with Crippen molar-refractivity contribution in [1.82, 2.24) is 10.2 Å². The highest BCUT2D eigenvalue weighted by Gasteiger charge is 2.54. The molecule has 0 fully saturated rings. The Balaban J connectivity index is 1.63. The summed E-state index contributed by atoms with van der Waals surface area (Å²) in [6.07, 6.45) is 0. The van der Waals surface area contributed by atoms with E-state index in [4.69, 9.17) is 20.6 Å². The second-order valence-electron chi connectivity index (χ2n) is 9.51. The second-order valence-corrected chi connectivity index (χ2v) is 9.51. The number of hydrogen-bond acceptors (Lipinski definition) is 7. The van der Waals surface area contributed by atoms with Crippen molar-refractivity contribution in [2.24, 2.45) is 5.73 Å². The van der Waals surface area contributed by atoms with Gasteiger partial charge in [-0.25, -0.2) is 4.39 Å². The van der Waals surface area contributed by atoms with Crippen LogP contribution < -0.4 is 16.4 Å². The van der Waals surface area contributed by atoms with E-state index in [9.17, 15) is 18.8 Å². The molecular weight excluding hydrogens is 529 g/mol. The number of anilines is 1. The summed E-state index contributed by atoms with van der Waals surface area (Å²) in [6.45, 7) is 4.62. The number of ether oxygens (including phenoxy) is 2. The number of carbonyl (C=O) groups is 3. The van der Waals surface area contributed by atoms with E-state index in [1.165, 1.54) is 6.07 Å². The van der Waals surface area contributed by atoms with Gasteiger partial charge in [0.2, 0.25) is 0 Å². The van der Waals surface area contributed by atoms with Crippen molar-refractivity contribution in [2.75, 3.05) is 11.9 Å². The maximum Gasteiger partial charge on any atom is 0.383 e. The quantitative estimate of drug-likeness (QED) is 0.121. The molecule has 4 rings (SSSR count). The minimum Gasteiger partial charge on any atom is -0.405 e. The zero-order chi connectivity index (χ0) is 29.7. The van der Waals surface area contributed by atoms with Crippen LogP contribution in [0.4, 0.5) is 10.1 Å². The van der Waals surface area contributed by atoms with Crippen molar-refractivity contribution in [3.8, 4) is 0 Å². The third-order valence-electron chi connectivity index (χ3n) is 6.75. The fourth-order valence-corrected chi connectivity index (χ4v) is 4.70. The first-order chi connectivity index (χ1) is 19.6. The van der Waals surface area contributed by atoms with Crippen LogP contribution in [0.5, 0.6) is 0 Å². The van der Waals surface area contributed by atoms with Gasteiger partial charge in [0.1, 0.15) is 11.7 Å². The van der Waals surface area contributed by atoms with Crippen LogP contribution in [0.3, 0.4) is 0 Å². The number of hydrogen-bond donors (Lipinski definition) is 4. The molecule has 0 saturated carbocycles. The number of benzene rings is 3. The van der Waals surface area contributed by atoms with Gasteiger partial charge >= 0.3 is 17.8 Å². The highest BCUT2D eigenvalue weighted by atomic mass is 19.1. The number of amidine groups is 1. The maximum atomic E-state index is 14.2. The molecule has 0 unspecified atom stereocenters. The van der Waals surface area contributed by atoms with Crippen LogP contribution in [0.15, 0.2) is 60.7 Å². The van der Waals surface area contributed by atoms with Crippen LogP contribution in [0, 0.1) is 18.2 Å². The minimum absolute atomic E-state index is 0.00426. The van der Waals surface area contributed by atoms with Gasteiger partial charge in [-0.1, -0.05) is 42.5 Å². The monoisotopic (exact) mass is 561 g/mol. The van der Waals surface area contributed by atoms with Crippen molar-refractivity contribution >= 4 is 29.3 Å². The van der Waals surface area contributed by atoms with Crippen LogP contribution in [0.25, 0.3) is 0 Å². The zero-order valence-electron chi connectivity index (χ0n) is 23.0. The van der Waals surface area contributed by atoms with Gasteiger partial charge in [-0.15, -0.1) is 0 Å². The summed E-state index contributed by atoms with van der Waals surface area (Å²) in [5, 5.41) is 13.7. The predicted octanol–water partition coefficient (Wildman–Crippen LogP) is 3.56. The molecule has 1 aliphatic heterocycles. The molecule has 0 saturated heterocycles. The number of aryl methyl sites for hydroxylation is 1. The molecular formula is C30H32FN5O5. The molecule has 3 aromatic rings. The Morgan fingerprint density at radius 2 is 1.85 bits per heavy atom. The van der Waals surface area contributed by atoms with Crippen molar-refractivity contribution in [3.63, 3.8) is 0 Å². The number of nitrogens with two attached hydrogens (primary N) is 1. The van der Waals surface area contributed by atoms with Gasteiger partial charge in [-0.05, 0) is 48.7 Å². The fourth-order valence-electron chi connectivity index (χ4n) is 4.70. The molecule has 0 radical (unpaired) electrons. The molecule has 5 N–H and O–H groups in total. The van der Waals surface area contributed by atoms with Gasteiger partial charge in [0.25, 0.3) is 5.91 Å². The van der Waals surface area contributed by atoms with Gasteiger partial charge in [-0.2, -0.15) is 0 Å². The van der Waals surface area contributed by atoms with E-state index in [1.807, 2.05) is 13.0 Å². The number of nitrogens with one attached hydrogen (secondary N) is 3. The maximum absolute atomic E-state index is 14.2. The number of halogens is 1. The lowest BCUT2D eigenvalue weighted by Crippen LogP contribution is -2.63. The predicted molar refractivity (Wildman–Crippen MR) is 150 cm³/mol. The number of fused-ring (bicyclic) bond motifs is 1. The molecule has 0 bridgehead atoms. The molecule has 0 spiro atoms. The number of nitrogens with zero attached hydrogens (tertiary/aromatic N) is 1. The van der Waals surface area contributed by atoms with E-state index in [0.717, 1.165) is 17.4 Å². The molecule has 3 aromatic carbocycles. The molecule has 1 atom stereocenters. The standard InChI is InChI=1S/C30H32FN5O5/c1-4-40-30(41-19(3)37,36-17-24-18(2)8-7-10-23(24)28(36)38)29(39)35-16-22-13-12-20(27(32)33)14-26(22)34-15-21-9-5-6-11-25(21)31/h5-14,34H,4,15-17H2,1-3H3,(H3,32,33)(H,35,39)/t30-/m0/s1. The Hall–Kier alpha value is -4.77. The van der Waals surface area contributed by atoms with Gasteiger partial charge in [-0.3, -0.25) is 24.7 Å². The number of esters is 1. The molecule has 1 heterocycles. The molecule has 0 aliphatic carbocycles. The van der Waals surface area contributed by atoms with Crippen LogP contribution in [0.2, 0.25) is 0 Å². The molecule has 10 nitrogen and oxygen atoms in total. The Labute approximate surface area is 237 Å². The summed E-state index contributed by atoms with van der Waals surface area (Å²) in [7, 11) is 0. The molecule has 11 heteroatoms. The van der Waals surface area contributed by atoms with Crippen LogP contribution in [-0.4, -0.2) is 41.0 Å². The SMILES string of the molecule is CCO[C@](OC(C)=O)(C(=O)NCc1ccc(C(=N)N)cc1NCc1ccccc1F)N1Cc2c(C)cccc2C1=O. The van der Waals surface area contributed by atoms with E-state index in [0.29, 0.717) is 33.5 Å². The lowest BCUT2D eigenvalue weighted by Gasteiger charge is -2.37. The summed E-state index contributed by atoms with van der Waals surface area (Å²) in [5.74, 6) is -5.08. The van der Waals surface area contributed by atoms with Crippen molar-refractivity contribution < 1.29 is 28.2 Å². The first-order valence-electron chi connectivity index (χ1n) is 13.0. The Morgan fingerprint density at radius 1 is 1.10 bits per heavy atom. The molecule has 214 valence electrons. The molecule has 0 aromatic heterocycles. The average molecular weight is 562 g/mol. The normalized spacial score (nSPS) is 13.8. The van der Waals surface area contributed by atoms with Gasteiger partial charge in [0.15, 0.2) is 0 Å². The van der Waals surface area contributed by atoms with E-state index < -0.39 is 23.7 Å². The third-order valence-corrected chi connectivity index (χ3v) is 6.75. The van der Waals surface area contributed by atoms with Crippen LogP contribution in [-0.2, 0) is 38.7 Å². The van der Waals surface area contributed by atoms with Crippen molar-refractivity contribution in [2.45, 2.75) is 46.3 Å². The number of nitrogen functional groups attached to an aromatic ring is 1. The Kier molecular flexibility index (Phi) is 8.68. The number of rotatable bonds is 11. The van der Waals surface area contributed by atoms with E-state index in [1.54, 1.807) is 55.5 Å². The van der Waals surface area contributed by atoms with Crippen molar-refractivity contribution in [3.05, 3.63) is 99.9 Å². The smallest absolute Gasteiger partial charge is 0.383 e. The van der Waals surface area contributed by atoms with Crippen LogP contribution >= 0.6 is 0 Å². The topological polar surface area (TPSA) is 147 Å². The number of carbonyl (C=O) groups excluding carboxylic acids is 3. The molecule has 1 aliphatic rings. The van der Waals surface area contributed by atoms with Gasteiger partial charge in [0, 0.05) is 42.4 Å². The van der Waals surface area contributed by atoms with E-state index in [-0.39, 0.29) is 37.9 Å². The largest absolute Gasteiger partial charge is 0.405 e. The number of amides is 2. The van der Waals surface area contributed by atoms with E-state index in [2.05, 4.69) is 10.6 Å². The summed E-state index contributed by atoms with van der Waals surface area (Å²) in [6, 6.07) is 16.4. The van der Waals surface area contributed by atoms with Gasteiger partial charge in [0.05, 0.1) is 13.2 Å². The summed E-state index contributed by atoms with van der Waals surface area (Å²) < 4.78 is 25.5. The lowest BCUT2D eigenvalue weighted by molar-refractivity contribution is -0.272. The highest BCUT2D eigenvalue weighted by Crippen LogP contribution is 2.34. The minimum atomic E-state index is -2.36. The van der Waals surface area contributed by atoms with E-state index >= 15 is 0 Å². The molecule has 41 heavy (non-hydrogen) atoms. The molecule has 2 amide bonds.